The quantitative estimate of drug-likeness (QED) is 0.751. The van der Waals surface area contributed by atoms with E-state index in [4.69, 9.17) is 23.2 Å². The summed E-state index contributed by atoms with van der Waals surface area (Å²) in [5, 5.41) is 3.68. The average Bonchev–Trinajstić information content (AvgIpc) is 2.52. The van der Waals surface area contributed by atoms with Crippen LogP contribution in [0.2, 0.25) is 10.0 Å². The first-order valence-corrected chi connectivity index (χ1v) is 7.15. The number of hydrazine groups is 1. The predicted octanol–water partition coefficient (Wildman–Crippen LogP) is 2.87. The van der Waals surface area contributed by atoms with E-state index in [1.165, 1.54) is 0 Å². The molecular weight excluding hydrogens is 325 g/mol. The van der Waals surface area contributed by atoms with Gasteiger partial charge in [0.2, 0.25) is 0 Å². The Balaban J connectivity index is 1.82. The molecule has 7 heteroatoms. The SMILES string of the molecule is O=C(CNc1ccccc1Cl)NNC(=O)c1ccccc1Cl. The van der Waals surface area contributed by atoms with Crippen molar-refractivity contribution in [1.82, 2.24) is 10.9 Å². The van der Waals surface area contributed by atoms with Crippen molar-refractivity contribution in [2.24, 2.45) is 0 Å². The highest BCUT2D eigenvalue weighted by Crippen LogP contribution is 2.19. The molecule has 5 nitrogen and oxygen atoms in total. The number of carbonyl (C=O) groups excluding carboxylic acids is 2. The van der Waals surface area contributed by atoms with Gasteiger partial charge in [0.25, 0.3) is 11.8 Å². The van der Waals surface area contributed by atoms with Crippen LogP contribution in [-0.2, 0) is 4.79 Å². The van der Waals surface area contributed by atoms with E-state index in [-0.39, 0.29) is 12.1 Å². The summed E-state index contributed by atoms with van der Waals surface area (Å²) in [7, 11) is 0. The lowest BCUT2D eigenvalue weighted by Gasteiger charge is -2.10. The van der Waals surface area contributed by atoms with Crippen molar-refractivity contribution in [3.63, 3.8) is 0 Å². The maximum Gasteiger partial charge on any atom is 0.271 e. The van der Waals surface area contributed by atoms with E-state index in [1.807, 2.05) is 0 Å². The number of amides is 2. The minimum Gasteiger partial charge on any atom is -0.375 e. The Morgan fingerprint density at radius 2 is 1.50 bits per heavy atom. The molecule has 2 aromatic carbocycles. The Hall–Kier alpha value is -2.24. The van der Waals surface area contributed by atoms with Crippen LogP contribution in [0, 0.1) is 0 Å². The second-order valence-electron chi connectivity index (χ2n) is 4.32. The van der Waals surface area contributed by atoms with Gasteiger partial charge in [-0.2, -0.15) is 0 Å². The van der Waals surface area contributed by atoms with Crippen molar-refractivity contribution >= 4 is 40.7 Å². The van der Waals surface area contributed by atoms with Crippen LogP contribution in [0.15, 0.2) is 48.5 Å². The monoisotopic (exact) mass is 337 g/mol. The van der Waals surface area contributed by atoms with Gasteiger partial charge in [-0.1, -0.05) is 47.5 Å². The van der Waals surface area contributed by atoms with Crippen LogP contribution >= 0.6 is 23.2 Å². The first-order chi connectivity index (χ1) is 10.6. The highest BCUT2D eigenvalue weighted by atomic mass is 35.5. The number of benzene rings is 2. The fourth-order valence-electron chi connectivity index (χ4n) is 1.66. The first-order valence-electron chi connectivity index (χ1n) is 6.40. The normalized spacial score (nSPS) is 9.91. The number of carbonyl (C=O) groups is 2. The summed E-state index contributed by atoms with van der Waals surface area (Å²) in [5.41, 5.74) is 5.51. The molecular formula is C15H13Cl2N3O2. The summed E-state index contributed by atoms with van der Waals surface area (Å²) >= 11 is 11.8. The fraction of sp³-hybridized carbons (Fsp3) is 0.0667. The molecule has 0 fully saturated rings. The molecule has 0 aromatic heterocycles. The van der Waals surface area contributed by atoms with E-state index in [0.29, 0.717) is 15.7 Å². The summed E-state index contributed by atoms with van der Waals surface area (Å²) in [6, 6.07) is 13.6. The molecule has 0 aliphatic carbocycles. The van der Waals surface area contributed by atoms with Crippen LogP contribution in [0.3, 0.4) is 0 Å². The number of hydrogen-bond donors (Lipinski definition) is 3. The van der Waals surface area contributed by atoms with Crippen molar-refractivity contribution in [3.05, 3.63) is 64.1 Å². The second kappa shape index (κ2) is 7.68. The first kappa shape index (κ1) is 16.1. The van der Waals surface area contributed by atoms with Crippen LogP contribution in [0.4, 0.5) is 5.69 Å². The summed E-state index contributed by atoms with van der Waals surface area (Å²) in [5.74, 6) is -0.906. The molecule has 0 heterocycles. The van der Waals surface area contributed by atoms with E-state index >= 15 is 0 Å². The highest BCUT2D eigenvalue weighted by Gasteiger charge is 2.10. The van der Waals surface area contributed by atoms with Crippen molar-refractivity contribution in [3.8, 4) is 0 Å². The van der Waals surface area contributed by atoms with Gasteiger partial charge in [-0.3, -0.25) is 20.4 Å². The van der Waals surface area contributed by atoms with Crippen molar-refractivity contribution in [2.75, 3.05) is 11.9 Å². The fourth-order valence-corrected chi connectivity index (χ4v) is 2.09. The summed E-state index contributed by atoms with van der Waals surface area (Å²) < 4.78 is 0. The lowest BCUT2D eigenvalue weighted by molar-refractivity contribution is -0.120. The summed E-state index contributed by atoms with van der Waals surface area (Å²) in [4.78, 5) is 23.5. The van der Waals surface area contributed by atoms with E-state index in [2.05, 4.69) is 16.2 Å². The lowest BCUT2D eigenvalue weighted by atomic mass is 10.2. The van der Waals surface area contributed by atoms with Crippen LogP contribution < -0.4 is 16.2 Å². The smallest absolute Gasteiger partial charge is 0.271 e. The van der Waals surface area contributed by atoms with Gasteiger partial charge >= 0.3 is 0 Å². The molecule has 2 rings (SSSR count). The third-order valence-electron chi connectivity index (χ3n) is 2.75. The number of anilines is 1. The van der Waals surface area contributed by atoms with Gasteiger partial charge in [-0.25, -0.2) is 0 Å². The van der Waals surface area contributed by atoms with Gasteiger partial charge in [-0.15, -0.1) is 0 Å². The molecule has 2 aromatic rings. The zero-order valence-corrected chi connectivity index (χ0v) is 12.9. The standard InChI is InChI=1S/C15H13Cl2N3O2/c16-11-6-2-1-5-10(11)15(22)20-19-14(21)9-18-13-8-4-3-7-12(13)17/h1-8,18H,9H2,(H,19,21)(H,20,22). The number of rotatable bonds is 4. The van der Waals surface area contributed by atoms with Gasteiger partial charge in [0.05, 0.1) is 27.8 Å². The van der Waals surface area contributed by atoms with Gasteiger partial charge in [0, 0.05) is 0 Å². The van der Waals surface area contributed by atoms with E-state index in [1.54, 1.807) is 48.5 Å². The van der Waals surface area contributed by atoms with Crippen molar-refractivity contribution < 1.29 is 9.59 Å². The lowest BCUT2D eigenvalue weighted by Crippen LogP contribution is -2.44. The Morgan fingerprint density at radius 1 is 0.864 bits per heavy atom. The van der Waals surface area contributed by atoms with Crippen LogP contribution in [0.5, 0.6) is 0 Å². The average molecular weight is 338 g/mol. The molecule has 0 atom stereocenters. The van der Waals surface area contributed by atoms with Gasteiger partial charge in [0.15, 0.2) is 0 Å². The number of halogens is 2. The summed E-state index contributed by atoms with van der Waals surface area (Å²) in [6.07, 6.45) is 0. The Labute approximate surface area is 137 Å². The Bertz CT molecular complexity index is 692. The molecule has 0 saturated heterocycles. The minimum absolute atomic E-state index is 0.0352. The molecule has 0 radical (unpaired) electrons. The second-order valence-corrected chi connectivity index (χ2v) is 5.13. The maximum absolute atomic E-state index is 11.8. The highest BCUT2D eigenvalue weighted by molar-refractivity contribution is 6.34. The largest absolute Gasteiger partial charge is 0.375 e. The predicted molar refractivity (Wildman–Crippen MR) is 87.0 cm³/mol. The third kappa shape index (κ3) is 4.38. The Kier molecular flexibility index (Phi) is 5.63. The molecule has 0 bridgehead atoms. The van der Waals surface area contributed by atoms with Crippen LogP contribution in [0.1, 0.15) is 10.4 Å². The molecule has 0 spiro atoms. The maximum atomic E-state index is 11.8. The Morgan fingerprint density at radius 3 is 2.18 bits per heavy atom. The molecule has 114 valence electrons. The number of hydrogen-bond acceptors (Lipinski definition) is 3. The molecule has 0 saturated carbocycles. The van der Waals surface area contributed by atoms with E-state index in [0.717, 1.165) is 0 Å². The molecule has 0 aliphatic heterocycles. The van der Waals surface area contributed by atoms with Crippen molar-refractivity contribution in [2.45, 2.75) is 0 Å². The minimum atomic E-state index is -0.489. The van der Waals surface area contributed by atoms with Crippen LogP contribution in [-0.4, -0.2) is 18.4 Å². The molecule has 0 aliphatic rings. The van der Waals surface area contributed by atoms with E-state index in [9.17, 15) is 9.59 Å². The van der Waals surface area contributed by atoms with Gasteiger partial charge in [-0.05, 0) is 24.3 Å². The molecule has 2 amide bonds. The van der Waals surface area contributed by atoms with Crippen molar-refractivity contribution in [1.29, 1.82) is 0 Å². The molecule has 22 heavy (non-hydrogen) atoms. The van der Waals surface area contributed by atoms with Crippen LogP contribution in [0.25, 0.3) is 0 Å². The summed E-state index contributed by atoms with van der Waals surface area (Å²) in [6.45, 7) is -0.0352. The van der Waals surface area contributed by atoms with Gasteiger partial charge < -0.3 is 5.32 Å². The number of nitrogens with one attached hydrogen (secondary N) is 3. The van der Waals surface area contributed by atoms with E-state index < -0.39 is 11.8 Å². The molecule has 0 unspecified atom stereocenters. The third-order valence-corrected chi connectivity index (χ3v) is 3.41. The number of para-hydroxylation sites is 1. The van der Waals surface area contributed by atoms with Gasteiger partial charge in [0.1, 0.15) is 0 Å². The molecule has 3 N–H and O–H groups in total. The zero-order valence-electron chi connectivity index (χ0n) is 11.4. The zero-order chi connectivity index (χ0) is 15.9. The topological polar surface area (TPSA) is 70.2 Å².